The number of halogens is 2. The molecule has 2 heterocycles. The summed E-state index contributed by atoms with van der Waals surface area (Å²) in [6.45, 7) is 2.00. The van der Waals surface area contributed by atoms with E-state index >= 15 is 0 Å². The van der Waals surface area contributed by atoms with Crippen molar-refractivity contribution in [1.29, 1.82) is 0 Å². The van der Waals surface area contributed by atoms with Gasteiger partial charge in [0.25, 0.3) is 5.91 Å². The summed E-state index contributed by atoms with van der Waals surface area (Å²) in [5, 5.41) is 10.2. The SMILES string of the molecule is CCc1cc(NC(=O)c2cc(Cl)c(Cl)n2C)n[nH]1. The lowest BCUT2D eigenvalue weighted by atomic mass is 10.3. The molecule has 0 radical (unpaired) electrons. The van der Waals surface area contributed by atoms with Crippen LogP contribution in [0.4, 0.5) is 5.82 Å². The Bertz CT molecular complexity index is 588. The summed E-state index contributed by atoms with van der Waals surface area (Å²) in [5.74, 6) is 0.172. The first-order valence-corrected chi connectivity index (χ1v) is 6.15. The summed E-state index contributed by atoms with van der Waals surface area (Å²) in [6, 6.07) is 3.30. The molecule has 0 spiro atoms. The van der Waals surface area contributed by atoms with E-state index in [1.54, 1.807) is 13.1 Å². The Labute approximate surface area is 114 Å². The van der Waals surface area contributed by atoms with Crippen LogP contribution in [-0.4, -0.2) is 20.7 Å². The number of aromatic amines is 1. The maximum Gasteiger partial charge on any atom is 0.273 e. The second-order valence-electron chi connectivity index (χ2n) is 3.81. The van der Waals surface area contributed by atoms with Crippen molar-refractivity contribution in [2.24, 2.45) is 7.05 Å². The Morgan fingerprint density at radius 1 is 1.50 bits per heavy atom. The van der Waals surface area contributed by atoms with Crippen LogP contribution in [0.2, 0.25) is 10.2 Å². The molecule has 18 heavy (non-hydrogen) atoms. The van der Waals surface area contributed by atoms with Crippen LogP contribution in [0.1, 0.15) is 23.1 Å². The molecular formula is C11H12Cl2N4O. The van der Waals surface area contributed by atoms with Gasteiger partial charge in [-0.1, -0.05) is 30.1 Å². The molecule has 0 unspecified atom stereocenters. The molecule has 2 aromatic heterocycles. The molecule has 0 aliphatic carbocycles. The van der Waals surface area contributed by atoms with Gasteiger partial charge in [-0.15, -0.1) is 0 Å². The topological polar surface area (TPSA) is 62.7 Å². The van der Waals surface area contributed by atoms with Crippen molar-refractivity contribution in [1.82, 2.24) is 14.8 Å². The van der Waals surface area contributed by atoms with E-state index < -0.39 is 0 Å². The maximum atomic E-state index is 12.0. The van der Waals surface area contributed by atoms with Crippen LogP contribution in [0.25, 0.3) is 0 Å². The summed E-state index contributed by atoms with van der Waals surface area (Å²) in [5.41, 5.74) is 1.33. The average molecular weight is 287 g/mol. The van der Waals surface area contributed by atoms with Crippen LogP contribution in [0.3, 0.4) is 0 Å². The summed E-state index contributed by atoms with van der Waals surface area (Å²) in [7, 11) is 1.67. The highest BCUT2D eigenvalue weighted by molar-refractivity contribution is 6.42. The molecule has 0 saturated heterocycles. The molecule has 2 aromatic rings. The molecule has 5 nitrogen and oxygen atoms in total. The molecule has 2 rings (SSSR count). The number of H-pyrrole nitrogens is 1. The lowest BCUT2D eigenvalue weighted by molar-refractivity contribution is 0.101. The van der Waals surface area contributed by atoms with Gasteiger partial charge in [-0.05, 0) is 12.5 Å². The second-order valence-corrected chi connectivity index (χ2v) is 4.58. The van der Waals surface area contributed by atoms with Gasteiger partial charge in [0.05, 0.1) is 5.02 Å². The van der Waals surface area contributed by atoms with Crippen LogP contribution in [0.15, 0.2) is 12.1 Å². The third kappa shape index (κ3) is 2.37. The van der Waals surface area contributed by atoms with Crippen molar-refractivity contribution in [3.8, 4) is 0 Å². The number of amides is 1. The minimum Gasteiger partial charge on any atom is -0.329 e. The number of carbonyl (C=O) groups excluding carboxylic acids is 1. The third-order valence-electron chi connectivity index (χ3n) is 2.60. The fraction of sp³-hybridized carbons (Fsp3) is 0.273. The van der Waals surface area contributed by atoms with E-state index in [0.29, 0.717) is 21.7 Å². The number of anilines is 1. The normalized spacial score (nSPS) is 10.7. The predicted molar refractivity (Wildman–Crippen MR) is 71.4 cm³/mol. The smallest absolute Gasteiger partial charge is 0.273 e. The third-order valence-corrected chi connectivity index (χ3v) is 3.44. The molecule has 7 heteroatoms. The lowest BCUT2D eigenvalue weighted by Gasteiger charge is -2.03. The zero-order chi connectivity index (χ0) is 13.3. The molecule has 0 atom stereocenters. The van der Waals surface area contributed by atoms with Crippen molar-refractivity contribution < 1.29 is 4.79 Å². The summed E-state index contributed by atoms with van der Waals surface area (Å²) < 4.78 is 1.52. The highest BCUT2D eigenvalue weighted by Gasteiger charge is 2.16. The largest absolute Gasteiger partial charge is 0.329 e. The molecule has 0 aliphatic rings. The first-order valence-electron chi connectivity index (χ1n) is 5.39. The van der Waals surface area contributed by atoms with E-state index in [2.05, 4.69) is 15.5 Å². The zero-order valence-corrected chi connectivity index (χ0v) is 11.4. The quantitative estimate of drug-likeness (QED) is 0.911. The Kier molecular flexibility index (Phi) is 3.63. The van der Waals surface area contributed by atoms with E-state index in [1.165, 1.54) is 10.6 Å². The summed E-state index contributed by atoms with van der Waals surface area (Å²) in [4.78, 5) is 12.0. The van der Waals surface area contributed by atoms with Gasteiger partial charge in [-0.25, -0.2) is 0 Å². The number of nitrogens with zero attached hydrogens (tertiary/aromatic N) is 2. The Hall–Kier alpha value is -1.46. The van der Waals surface area contributed by atoms with Gasteiger partial charge in [0.15, 0.2) is 5.82 Å². The average Bonchev–Trinajstić information content (AvgIpc) is 2.89. The van der Waals surface area contributed by atoms with Crippen LogP contribution >= 0.6 is 23.2 Å². The van der Waals surface area contributed by atoms with Gasteiger partial charge in [0.1, 0.15) is 10.8 Å². The standard InChI is InChI=1S/C11H12Cl2N4O/c1-3-6-4-9(16-15-6)14-11(18)8-5-7(12)10(13)17(8)2/h4-5H,3H2,1-2H3,(H2,14,15,16,18). The van der Waals surface area contributed by atoms with E-state index in [-0.39, 0.29) is 5.91 Å². The van der Waals surface area contributed by atoms with Crippen LogP contribution in [0, 0.1) is 0 Å². The first kappa shape index (κ1) is 13.0. The van der Waals surface area contributed by atoms with Gasteiger partial charge >= 0.3 is 0 Å². The fourth-order valence-corrected chi connectivity index (χ4v) is 1.92. The van der Waals surface area contributed by atoms with Gasteiger partial charge in [0, 0.05) is 18.8 Å². The number of hydrogen-bond donors (Lipinski definition) is 2. The molecule has 0 aromatic carbocycles. The lowest BCUT2D eigenvalue weighted by Crippen LogP contribution is -2.15. The van der Waals surface area contributed by atoms with E-state index in [4.69, 9.17) is 23.2 Å². The second kappa shape index (κ2) is 5.04. The molecule has 2 N–H and O–H groups in total. The predicted octanol–water partition coefficient (Wildman–Crippen LogP) is 2.87. The van der Waals surface area contributed by atoms with Gasteiger partial charge in [-0.3, -0.25) is 9.89 Å². The summed E-state index contributed by atoms with van der Waals surface area (Å²) >= 11 is 11.8. The first-order chi connectivity index (χ1) is 8.52. The van der Waals surface area contributed by atoms with Gasteiger partial charge < -0.3 is 9.88 Å². The minimum absolute atomic E-state index is 0.305. The highest BCUT2D eigenvalue weighted by Crippen LogP contribution is 2.25. The van der Waals surface area contributed by atoms with Crippen LogP contribution in [0.5, 0.6) is 0 Å². The monoisotopic (exact) mass is 286 g/mol. The summed E-state index contributed by atoms with van der Waals surface area (Å²) in [6.07, 6.45) is 0.824. The van der Waals surface area contributed by atoms with Gasteiger partial charge in [0.2, 0.25) is 0 Å². The fourth-order valence-electron chi connectivity index (χ4n) is 1.55. The number of aromatic nitrogens is 3. The molecule has 0 saturated carbocycles. The number of hydrogen-bond acceptors (Lipinski definition) is 2. The molecule has 0 fully saturated rings. The van der Waals surface area contributed by atoms with Crippen molar-refractivity contribution in [3.63, 3.8) is 0 Å². The van der Waals surface area contributed by atoms with Crippen LogP contribution in [-0.2, 0) is 13.5 Å². The van der Waals surface area contributed by atoms with E-state index in [0.717, 1.165) is 12.1 Å². The van der Waals surface area contributed by atoms with Crippen molar-refractivity contribution in [3.05, 3.63) is 33.7 Å². The van der Waals surface area contributed by atoms with Crippen molar-refractivity contribution in [2.45, 2.75) is 13.3 Å². The highest BCUT2D eigenvalue weighted by atomic mass is 35.5. The van der Waals surface area contributed by atoms with Crippen molar-refractivity contribution in [2.75, 3.05) is 5.32 Å². The Balaban J connectivity index is 2.19. The molecule has 0 bridgehead atoms. The number of aryl methyl sites for hydroxylation is 1. The molecule has 1 amide bonds. The molecular weight excluding hydrogens is 275 g/mol. The van der Waals surface area contributed by atoms with E-state index in [1.807, 2.05) is 6.92 Å². The number of rotatable bonds is 3. The number of carbonyl (C=O) groups is 1. The number of nitrogens with one attached hydrogen (secondary N) is 2. The molecule has 0 aliphatic heterocycles. The Morgan fingerprint density at radius 3 is 2.72 bits per heavy atom. The minimum atomic E-state index is -0.305. The Morgan fingerprint density at radius 2 is 2.22 bits per heavy atom. The maximum absolute atomic E-state index is 12.0. The van der Waals surface area contributed by atoms with Crippen molar-refractivity contribution >= 4 is 34.9 Å². The molecule has 96 valence electrons. The van der Waals surface area contributed by atoms with Crippen LogP contribution < -0.4 is 5.32 Å². The van der Waals surface area contributed by atoms with E-state index in [9.17, 15) is 4.79 Å². The van der Waals surface area contributed by atoms with Gasteiger partial charge in [-0.2, -0.15) is 5.10 Å². The zero-order valence-electron chi connectivity index (χ0n) is 9.92.